The number of ether oxygens (including phenoxy) is 3. The van der Waals surface area contributed by atoms with Crippen LogP contribution in [0.15, 0.2) is 78.4 Å². The van der Waals surface area contributed by atoms with Gasteiger partial charge in [0.2, 0.25) is 0 Å². The third-order valence-electron chi connectivity index (χ3n) is 6.22. The van der Waals surface area contributed by atoms with Gasteiger partial charge in [0, 0.05) is 11.3 Å². The lowest BCUT2D eigenvalue weighted by Gasteiger charge is -2.26. The molecule has 0 spiro atoms. The number of amides is 1. The maximum atomic E-state index is 13.4. The van der Waals surface area contributed by atoms with E-state index in [4.69, 9.17) is 14.2 Å². The second kappa shape index (κ2) is 11.6. The predicted octanol–water partition coefficient (Wildman–Crippen LogP) is 4.83. The summed E-state index contributed by atoms with van der Waals surface area (Å²) >= 11 is 0. The quantitative estimate of drug-likeness (QED) is 0.189. The molecule has 1 saturated heterocycles. The Kier molecular flexibility index (Phi) is 8.11. The summed E-state index contributed by atoms with van der Waals surface area (Å²) in [6.45, 7) is 2.49. The Morgan fingerprint density at radius 2 is 1.66 bits per heavy atom. The fourth-order valence-electron chi connectivity index (χ4n) is 4.35. The second-order valence-corrected chi connectivity index (χ2v) is 8.74. The molecule has 1 heterocycles. The summed E-state index contributed by atoms with van der Waals surface area (Å²) in [5, 5.41) is 11.4. The average Bonchev–Trinajstić information content (AvgIpc) is 3.22. The Bertz CT molecular complexity index is 1380. The summed E-state index contributed by atoms with van der Waals surface area (Å²) in [7, 11) is 2.84. The van der Waals surface area contributed by atoms with Gasteiger partial charge < -0.3 is 19.3 Å². The Hall–Kier alpha value is -4.59. The Balaban J connectivity index is 1.84. The zero-order valence-corrected chi connectivity index (χ0v) is 21.5. The van der Waals surface area contributed by atoms with E-state index in [-0.39, 0.29) is 23.7 Å². The first-order chi connectivity index (χ1) is 18.4. The van der Waals surface area contributed by atoms with Crippen molar-refractivity contribution < 1.29 is 33.7 Å². The molecule has 1 amide bonds. The van der Waals surface area contributed by atoms with Crippen LogP contribution in [0.25, 0.3) is 5.76 Å². The van der Waals surface area contributed by atoms with Crippen molar-refractivity contribution in [2.75, 3.05) is 25.7 Å². The molecule has 38 heavy (non-hydrogen) atoms. The molecule has 0 aromatic heterocycles. The van der Waals surface area contributed by atoms with E-state index in [1.807, 2.05) is 6.92 Å². The minimum absolute atomic E-state index is 0.0467. The van der Waals surface area contributed by atoms with Crippen molar-refractivity contribution in [3.63, 3.8) is 0 Å². The summed E-state index contributed by atoms with van der Waals surface area (Å²) in [4.78, 5) is 39.8. The van der Waals surface area contributed by atoms with Gasteiger partial charge in [0.1, 0.15) is 17.3 Å². The molecular weight excluding hydrogens is 486 g/mol. The number of nitrogens with zero attached hydrogens (tertiary/aromatic N) is 1. The molecule has 1 N–H and O–H groups in total. The van der Waals surface area contributed by atoms with Crippen LogP contribution in [-0.4, -0.2) is 43.6 Å². The SMILES string of the molecule is CCCOc1cccc(/C(O)=C2/C(=O)C(=O)N(c3ccc(CC(=O)OC)cc3)C2c2cccc(OC)c2)c1. The number of hydrogen-bond acceptors (Lipinski definition) is 7. The molecule has 4 rings (SSSR count). The summed E-state index contributed by atoms with van der Waals surface area (Å²) in [6, 6.07) is 19.6. The van der Waals surface area contributed by atoms with E-state index in [2.05, 4.69) is 0 Å². The Morgan fingerprint density at radius 1 is 0.947 bits per heavy atom. The minimum Gasteiger partial charge on any atom is -0.507 e. The van der Waals surface area contributed by atoms with Crippen molar-refractivity contribution in [2.45, 2.75) is 25.8 Å². The van der Waals surface area contributed by atoms with Crippen molar-refractivity contribution in [3.05, 3.63) is 95.1 Å². The lowest BCUT2D eigenvalue weighted by molar-refractivity contribution is -0.139. The standard InChI is InChI=1S/C30H29NO7/c1-4-15-38-24-10-6-8-21(18-24)28(33)26-27(20-7-5-9-23(17-20)36-2)31(30(35)29(26)34)22-13-11-19(12-14-22)16-25(32)37-3/h5-14,17-18,27,33H,4,15-16H2,1-3H3/b28-26-. The van der Waals surface area contributed by atoms with E-state index in [9.17, 15) is 19.5 Å². The number of hydrogen-bond donors (Lipinski definition) is 1. The van der Waals surface area contributed by atoms with E-state index in [0.29, 0.717) is 40.5 Å². The summed E-state index contributed by atoms with van der Waals surface area (Å²) in [5.74, 6) is -1.20. The van der Waals surface area contributed by atoms with Gasteiger partial charge in [-0.25, -0.2) is 0 Å². The van der Waals surface area contributed by atoms with E-state index in [0.717, 1.165) is 6.42 Å². The number of methoxy groups -OCH3 is 2. The highest BCUT2D eigenvalue weighted by molar-refractivity contribution is 6.51. The average molecular weight is 516 g/mol. The molecule has 1 fully saturated rings. The van der Waals surface area contributed by atoms with Gasteiger partial charge in [-0.05, 0) is 53.9 Å². The molecule has 1 unspecified atom stereocenters. The number of ketones is 1. The maximum absolute atomic E-state index is 13.4. The van der Waals surface area contributed by atoms with E-state index in [1.54, 1.807) is 72.8 Å². The number of anilines is 1. The third kappa shape index (κ3) is 5.39. The Labute approximate surface area is 221 Å². The third-order valence-corrected chi connectivity index (χ3v) is 6.22. The van der Waals surface area contributed by atoms with Crippen LogP contribution in [0, 0.1) is 0 Å². The highest BCUT2D eigenvalue weighted by atomic mass is 16.5. The molecule has 1 aliphatic heterocycles. The first kappa shape index (κ1) is 26.5. The summed E-state index contributed by atoms with van der Waals surface area (Å²) in [6.07, 6.45) is 0.890. The molecule has 3 aromatic rings. The lowest BCUT2D eigenvalue weighted by Crippen LogP contribution is -2.29. The van der Waals surface area contributed by atoms with Crippen LogP contribution >= 0.6 is 0 Å². The number of aliphatic hydroxyl groups excluding tert-OH is 1. The summed E-state index contributed by atoms with van der Waals surface area (Å²) < 4.78 is 15.8. The van der Waals surface area contributed by atoms with Gasteiger partial charge >= 0.3 is 5.97 Å². The van der Waals surface area contributed by atoms with Crippen LogP contribution in [0.2, 0.25) is 0 Å². The van der Waals surface area contributed by atoms with Crippen LogP contribution in [-0.2, 0) is 25.5 Å². The second-order valence-electron chi connectivity index (χ2n) is 8.74. The molecule has 8 nitrogen and oxygen atoms in total. The van der Waals surface area contributed by atoms with E-state index in [1.165, 1.54) is 19.1 Å². The van der Waals surface area contributed by atoms with Crippen LogP contribution in [0.5, 0.6) is 11.5 Å². The predicted molar refractivity (Wildman–Crippen MR) is 142 cm³/mol. The fourth-order valence-corrected chi connectivity index (χ4v) is 4.35. The van der Waals surface area contributed by atoms with E-state index >= 15 is 0 Å². The molecule has 0 aliphatic carbocycles. The molecular formula is C30H29NO7. The molecule has 3 aromatic carbocycles. The zero-order chi connectivity index (χ0) is 27.2. The van der Waals surface area contributed by atoms with Gasteiger partial charge in [-0.15, -0.1) is 0 Å². The molecule has 0 radical (unpaired) electrons. The smallest absolute Gasteiger partial charge is 0.309 e. The molecule has 1 aliphatic rings. The van der Waals surface area contributed by atoms with Crippen molar-refractivity contribution >= 4 is 29.1 Å². The minimum atomic E-state index is -0.920. The number of carbonyl (C=O) groups excluding carboxylic acids is 3. The number of carbonyl (C=O) groups is 3. The first-order valence-electron chi connectivity index (χ1n) is 12.2. The highest BCUT2D eigenvalue weighted by Crippen LogP contribution is 2.43. The van der Waals surface area contributed by atoms with Gasteiger partial charge in [-0.2, -0.15) is 0 Å². The van der Waals surface area contributed by atoms with Gasteiger partial charge in [0.05, 0.1) is 38.9 Å². The van der Waals surface area contributed by atoms with Crippen molar-refractivity contribution in [1.29, 1.82) is 0 Å². The number of rotatable bonds is 9. The first-order valence-corrected chi connectivity index (χ1v) is 12.2. The highest BCUT2D eigenvalue weighted by Gasteiger charge is 2.47. The lowest BCUT2D eigenvalue weighted by atomic mass is 9.95. The van der Waals surface area contributed by atoms with E-state index < -0.39 is 17.7 Å². The van der Waals surface area contributed by atoms with Crippen molar-refractivity contribution in [2.24, 2.45) is 0 Å². The van der Waals surface area contributed by atoms with Crippen LogP contribution < -0.4 is 14.4 Å². The van der Waals surface area contributed by atoms with Crippen molar-refractivity contribution in [3.8, 4) is 11.5 Å². The fraction of sp³-hybridized carbons (Fsp3) is 0.233. The van der Waals surface area contributed by atoms with Crippen LogP contribution in [0.3, 0.4) is 0 Å². The van der Waals surface area contributed by atoms with Gasteiger partial charge in [0.25, 0.3) is 11.7 Å². The number of aliphatic hydroxyl groups is 1. The number of esters is 1. The number of benzene rings is 3. The monoisotopic (exact) mass is 515 g/mol. The molecule has 1 atom stereocenters. The van der Waals surface area contributed by atoms with Crippen LogP contribution in [0.1, 0.15) is 36.1 Å². The van der Waals surface area contributed by atoms with Crippen molar-refractivity contribution in [1.82, 2.24) is 0 Å². The van der Waals surface area contributed by atoms with Crippen LogP contribution in [0.4, 0.5) is 5.69 Å². The molecule has 8 heteroatoms. The van der Waals surface area contributed by atoms with Gasteiger partial charge in [-0.3, -0.25) is 19.3 Å². The topological polar surface area (TPSA) is 102 Å². The zero-order valence-electron chi connectivity index (χ0n) is 21.5. The molecule has 196 valence electrons. The normalized spacial score (nSPS) is 16.4. The summed E-state index contributed by atoms with van der Waals surface area (Å²) in [5.41, 5.74) is 2.03. The number of Topliss-reactive ketones (excluding diaryl/α,β-unsaturated/α-hetero) is 1. The Morgan fingerprint density at radius 3 is 2.34 bits per heavy atom. The largest absolute Gasteiger partial charge is 0.507 e. The van der Waals surface area contributed by atoms with Gasteiger partial charge in [-0.1, -0.05) is 43.3 Å². The maximum Gasteiger partial charge on any atom is 0.309 e. The molecule has 0 bridgehead atoms. The van der Waals surface area contributed by atoms with Gasteiger partial charge in [0.15, 0.2) is 0 Å². The molecule has 0 saturated carbocycles.